The first-order valence-electron chi connectivity index (χ1n) is 8.18. The van der Waals surface area contributed by atoms with Crippen molar-refractivity contribution in [1.82, 2.24) is 15.6 Å². The molecule has 0 saturated carbocycles. The average molecular weight is 439 g/mol. The summed E-state index contributed by atoms with van der Waals surface area (Å²) < 4.78 is 0.946. The summed E-state index contributed by atoms with van der Waals surface area (Å²) in [4.78, 5) is 28.3. The van der Waals surface area contributed by atoms with E-state index in [2.05, 4.69) is 57.6 Å². The summed E-state index contributed by atoms with van der Waals surface area (Å²) >= 11 is 4.96. The first-order chi connectivity index (χ1) is 12.1. The van der Waals surface area contributed by atoms with Gasteiger partial charge in [0.25, 0.3) is 0 Å². The highest BCUT2D eigenvalue weighted by Crippen LogP contribution is 2.25. The number of nitrogens with zero attached hydrogens (tertiary/aromatic N) is 1. The molecule has 1 aromatic heterocycles. The first kappa shape index (κ1) is 20.4. The molecule has 3 N–H and O–H groups in total. The third-order valence-electron chi connectivity index (χ3n) is 3.50. The van der Waals surface area contributed by atoms with Gasteiger partial charge in [-0.2, -0.15) is 0 Å². The van der Waals surface area contributed by atoms with Crippen LogP contribution in [0.15, 0.2) is 28.1 Å². The van der Waals surface area contributed by atoms with Gasteiger partial charge >= 0.3 is 6.03 Å². The van der Waals surface area contributed by atoms with Crippen LogP contribution < -0.4 is 16.0 Å². The van der Waals surface area contributed by atoms with E-state index in [1.807, 2.05) is 30.5 Å². The molecule has 0 fully saturated rings. The molecule has 8 heteroatoms. The summed E-state index contributed by atoms with van der Waals surface area (Å²) in [6, 6.07) is 5.17. The van der Waals surface area contributed by atoms with Gasteiger partial charge in [0.2, 0.25) is 5.91 Å². The molecule has 0 aliphatic heterocycles. The minimum absolute atomic E-state index is 0.00554. The van der Waals surface area contributed by atoms with E-state index in [1.54, 1.807) is 11.3 Å². The number of carbonyl (C=O) groups is 2. The lowest BCUT2D eigenvalue weighted by Gasteiger charge is -2.13. The van der Waals surface area contributed by atoms with Crippen molar-refractivity contribution in [2.24, 2.45) is 0 Å². The number of carbonyl (C=O) groups excluding carboxylic acids is 2. The molecule has 26 heavy (non-hydrogen) atoms. The molecule has 2 rings (SSSR count). The van der Waals surface area contributed by atoms with Gasteiger partial charge in [0.05, 0.1) is 23.8 Å². The Hall–Kier alpha value is -1.93. The predicted octanol–water partition coefficient (Wildman–Crippen LogP) is 3.95. The molecule has 0 aliphatic carbocycles. The van der Waals surface area contributed by atoms with E-state index in [0.29, 0.717) is 6.54 Å². The van der Waals surface area contributed by atoms with Gasteiger partial charge < -0.3 is 16.0 Å². The minimum Gasteiger partial charge on any atom is -0.332 e. The van der Waals surface area contributed by atoms with Crippen molar-refractivity contribution in [3.63, 3.8) is 0 Å². The molecule has 6 nitrogen and oxygen atoms in total. The number of halogens is 1. The molecular weight excluding hydrogens is 416 g/mol. The van der Waals surface area contributed by atoms with Crippen LogP contribution in [0.5, 0.6) is 0 Å². The molecule has 0 unspecified atom stereocenters. The lowest BCUT2D eigenvalue weighted by atomic mass is 9.98. The molecule has 2 aromatic rings. The highest BCUT2D eigenvalue weighted by Gasteiger charge is 2.18. The maximum atomic E-state index is 12.0. The van der Waals surface area contributed by atoms with Gasteiger partial charge in [-0.3, -0.25) is 4.79 Å². The fraction of sp³-hybridized carbons (Fsp3) is 0.389. The van der Waals surface area contributed by atoms with Crippen LogP contribution in [0.1, 0.15) is 37.0 Å². The largest absolute Gasteiger partial charge is 0.332 e. The van der Waals surface area contributed by atoms with Gasteiger partial charge in [-0.15, -0.1) is 11.3 Å². The normalized spacial score (nSPS) is 11.1. The minimum atomic E-state index is -0.405. The maximum absolute atomic E-state index is 12.0. The number of hydrogen-bond donors (Lipinski definition) is 3. The van der Waals surface area contributed by atoms with Crippen molar-refractivity contribution in [1.29, 1.82) is 0 Å². The number of urea groups is 1. The maximum Gasteiger partial charge on any atom is 0.315 e. The summed E-state index contributed by atoms with van der Waals surface area (Å²) in [5.41, 5.74) is 2.46. The number of hydrogen-bond acceptors (Lipinski definition) is 4. The second-order valence-electron chi connectivity index (χ2n) is 6.94. The lowest BCUT2D eigenvalue weighted by molar-refractivity contribution is -0.115. The van der Waals surface area contributed by atoms with Crippen LogP contribution in [0, 0.1) is 6.92 Å². The van der Waals surface area contributed by atoms with Crippen LogP contribution in [0.25, 0.3) is 0 Å². The fourth-order valence-electron chi connectivity index (χ4n) is 2.09. The Morgan fingerprint density at radius 3 is 2.58 bits per heavy atom. The van der Waals surface area contributed by atoms with E-state index in [0.717, 1.165) is 26.4 Å². The summed E-state index contributed by atoms with van der Waals surface area (Å²) in [7, 11) is 0. The van der Waals surface area contributed by atoms with Crippen molar-refractivity contribution in [3.8, 4) is 0 Å². The predicted molar refractivity (Wildman–Crippen MR) is 109 cm³/mol. The van der Waals surface area contributed by atoms with Crippen LogP contribution in [-0.2, 0) is 16.8 Å². The van der Waals surface area contributed by atoms with E-state index >= 15 is 0 Å². The SMILES string of the molecule is Cc1cc(Br)ccc1NC(=O)CNC(=O)NCc1csc(C(C)(C)C)n1. The number of nitrogens with one attached hydrogen (secondary N) is 3. The summed E-state index contributed by atoms with van der Waals surface area (Å²) in [6.45, 7) is 8.42. The van der Waals surface area contributed by atoms with E-state index < -0.39 is 6.03 Å². The summed E-state index contributed by atoms with van der Waals surface area (Å²) in [5.74, 6) is -0.283. The Kier molecular flexibility index (Phi) is 6.77. The number of rotatable bonds is 5. The van der Waals surface area contributed by atoms with Gasteiger partial charge in [0, 0.05) is 21.0 Å². The van der Waals surface area contributed by atoms with Crippen LogP contribution in [-0.4, -0.2) is 23.5 Å². The molecule has 1 aromatic carbocycles. The van der Waals surface area contributed by atoms with Gasteiger partial charge in [0.1, 0.15) is 0 Å². The number of anilines is 1. The molecule has 0 aliphatic rings. The second kappa shape index (κ2) is 8.64. The molecular formula is C18H23BrN4O2S. The number of amides is 3. The topological polar surface area (TPSA) is 83.1 Å². The van der Waals surface area contributed by atoms with E-state index in [9.17, 15) is 9.59 Å². The van der Waals surface area contributed by atoms with Gasteiger partial charge in [-0.05, 0) is 30.7 Å². The molecule has 140 valence electrons. The highest BCUT2D eigenvalue weighted by atomic mass is 79.9. The molecule has 1 heterocycles. The highest BCUT2D eigenvalue weighted by molar-refractivity contribution is 9.10. The van der Waals surface area contributed by atoms with Gasteiger partial charge in [-0.25, -0.2) is 9.78 Å². The summed E-state index contributed by atoms with van der Waals surface area (Å²) in [5, 5.41) is 11.0. The van der Waals surface area contributed by atoms with Crippen LogP contribution in [0.4, 0.5) is 10.5 Å². The number of aromatic nitrogens is 1. The third-order valence-corrected chi connectivity index (χ3v) is 5.31. The number of benzene rings is 1. The molecule has 0 saturated heterocycles. The van der Waals surface area contributed by atoms with Crippen molar-refractivity contribution in [3.05, 3.63) is 44.3 Å². The molecule has 0 atom stereocenters. The third kappa shape index (κ3) is 6.10. The van der Waals surface area contributed by atoms with Gasteiger partial charge in [-0.1, -0.05) is 36.7 Å². The smallest absolute Gasteiger partial charge is 0.315 e. The van der Waals surface area contributed by atoms with Crippen molar-refractivity contribution in [2.75, 3.05) is 11.9 Å². The van der Waals surface area contributed by atoms with Crippen LogP contribution in [0.3, 0.4) is 0 Å². The average Bonchev–Trinajstić information content (AvgIpc) is 3.03. The Morgan fingerprint density at radius 1 is 1.23 bits per heavy atom. The van der Waals surface area contributed by atoms with Crippen LogP contribution in [0.2, 0.25) is 0 Å². The van der Waals surface area contributed by atoms with Crippen molar-refractivity contribution in [2.45, 2.75) is 39.7 Å². The van der Waals surface area contributed by atoms with Crippen molar-refractivity contribution < 1.29 is 9.59 Å². The van der Waals surface area contributed by atoms with Gasteiger partial charge in [0.15, 0.2) is 0 Å². The van der Waals surface area contributed by atoms with Crippen LogP contribution >= 0.6 is 27.3 Å². The summed E-state index contributed by atoms with van der Waals surface area (Å²) in [6.07, 6.45) is 0. The Morgan fingerprint density at radius 2 is 1.96 bits per heavy atom. The zero-order valence-corrected chi connectivity index (χ0v) is 17.7. The number of aryl methyl sites for hydroxylation is 1. The van der Waals surface area contributed by atoms with E-state index in [-0.39, 0.29) is 17.9 Å². The van der Waals surface area contributed by atoms with E-state index in [1.165, 1.54) is 0 Å². The van der Waals surface area contributed by atoms with Crippen molar-refractivity contribution >= 4 is 44.9 Å². The molecule has 0 bridgehead atoms. The fourth-order valence-corrected chi connectivity index (χ4v) is 3.47. The number of thiazole rings is 1. The zero-order valence-electron chi connectivity index (χ0n) is 15.3. The zero-order chi connectivity index (χ0) is 19.3. The molecule has 3 amide bonds. The molecule has 0 spiro atoms. The molecule has 0 radical (unpaired) electrons. The first-order valence-corrected chi connectivity index (χ1v) is 9.85. The Labute approximate surface area is 165 Å². The Bertz CT molecular complexity index is 799. The quantitative estimate of drug-likeness (QED) is 0.660. The Balaban J connectivity index is 1.76. The standard InChI is InChI=1S/C18H23BrN4O2S/c1-11-7-12(19)5-6-14(11)23-15(24)9-21-17(25)20-8-13-10-26-16(22-13)18(2,3)4/h5-7,10H,8-9H2,1-4H3,(H,23,24)(H2,20,21,25). The lowest BCUT2D eigenvalue weighted by Crippen LogP contribution is -2.39. The van der Waals surface area contributed by atoms with E-state index in [4.69, 9.17) is 0 Å². The second-order valence-corrected chi connectivity index (χ2v) is 8.71. The monoisotopic (exact) mass is 438 g/mol.